The van der Waals surface area contributed by atoms with Crippen LogP contribution in [0.1, 0.15) is 57.5 Å². The van der Waals surface area contributed by atoms with Gasteiger partial charge in [0.2, 0.25) is 0 Å². The van der Waals surface area contributed by atoms with Crippen LogP contribution in [0.4, 0.5) is 0 Å². The first kappa shape index (κ1) is 19.1. The third-order valence-corrected chi connectivity index (χ3v) is 4.64. The van der Waals surface area contributed by atoms with E-state index in [1.165, 1.54) is 0 Å². The van der Waals surface area contributed by atoms with Gasteiger partial charge in [0.05, 0.1) is 0 Å². The zero-order chi connectivity index (χ0) is 18.2. The molecule has 3 nitrogen and oxygen atoms in total. The molecule has 2 aromatic rings. The topological polar surface area (TPSA) is 60.2 Å². The molecule has 0 heterocycles. The third-order valence-electron chi connectivity index (χ3n) is 4.64. The summed E-state index contributed by atoms with van der Waals surface area (Å²) in [4.78, 5) is 24.5. The number of Topliss-reactive ketones (excluding diaryl/α,β-unsaturated/α-hetero) is 2. The van der Waals surface area contributed by atoms with Crippen LogP contribution in [0.5, 0.6) is 0 Å². The first-order valence-electron chi connectivity index (χ1n) is 8.89. The molecule has 0 aliphatic heterocycles. The Balaban J connectivity index is 1.81. The quantitative estimate of drug-likeness (QED) is 0.685. The van der Waals surface area contributed by atoms with Crippen molar-refractivity contribution in [2.75, 3.05) is 6.54 Å². The van der Waals surface area contributed by atoms with Crippen LogP contribution in [-0.4, -0.2) is 18.1 Å². The van der Waals surface area contributed by atoms with Crippen LogP contribution in [0.25, 0.3) is 0 Å². The van der Waals surface area contributed by atoms with Gasteiger partial charge in [0.1, 0.15) is 0 Å². The average molecular weight is 337 g/mol. The molecule has 0 aliphatic rings. The van der Waals surface area contributed by atoms with Crippen molar-refractivity contribution in [3.63, 3.8) is 0 Å². The van der Waals surface area contributed by atoms with Gasteiger partial charge in [0.25, 0.3) is 0 Å². The molecule has 0 fully saturated rings. The second kappa shape index (κ2) is 9.28. The van der Waals surface area contributed by atoms with Crippen molar-refractivity contribution in [3.8, 4) is 0 Å². The summed E-state index contributed by atoms with van der Waals surface area (Å²) in [6.45, 7) is 4.51. The molecule has 3 heteroatoms. The molecular weight excluding hydrogens is 310 g/mol. The van der Waals surface area contributed by atoms with E-state index in [4.69, 9.17) is 5.73 Å². The molecule has 0 atom stereocenters. The fraction of sp³-hybridized carbons (Fsp3) is 0.364. The molecule has 0 unspecified atom stereocenters. The van der Waals surface area contributed by atoms with Gasteiger partial charge in [-0.25, -0.2) is 0 Å². The maximum Gasteiger partial charge on any atom is 0.162 e. The van der Waals surface area contributed by atoms with E-state index < -0.39 is 0 Å². The SMILES string of the molecule is Cc1ccc(C(=O)CCC(CN)CCC(=O)c2ccc(C)cc2)cc1. The van der Waals surface area contributed by atoms with E-state index in [0.717, 1.165) is 35.1 Å². The van der Waals surface area contributed by atoms with Gasteiger partial charge in [-0.2, -0.15) is 0 Å². The maximum absolute atomic E-state index is 12.3. The number of hydrogen-bond donors (Lipinski definition) is 1. The Morgan fingerprint density at radius 3 is 1.44 bits per heavy atom. The summed E-state index contributed by atoms with van der Waals surface area (Å²) < 4.78 is 0. The van der Waals surface area contributed by atoms with Crippen LogP contribution in [0.2, 0.25) is 0 Å². The van der Waals surface area contributed by atoms with Gasteiger partial charge in [-0.1, -0.05) is 59.7 Å². The molecule has 2 aromatic carbocycles. The molecule has 0 saturated heterocycles. The lowest BCUT2D eigenvalue weighted by atomic mass is 9.92. The lowest BCUT2D eigenvalue weighted by molar-refractivity contribution is 0.0967. The van der Waals surface area contributed by atoms with Crippen molar-refractivity contribution in [2.24, 2.45) is 11.7 Å². The fourth-order valence-corrected chi connectivity index (χ4v) is 2.82. The second-order valence-corrected chi connectivity index (χ2v) is 6.76. The van der Waals surface area contributed by atoms with Gasteiger partial charge in [0.15, 0.2) is 11.6 Å². The standard InChI is InChI=1S/C22H27NO2/c1-16-3-9-19(10-4-16)21(24)13-7-18(15-23)8-14-22(25)20-11-5-17(2)6-12-20/h3-6,9-12,18H,7-8,13-15,23H2,1-2H3. The number of carbonyl (C=O) groups excluding carboxylic acids is 2. The monoisotopic (exact) mass is 337 g/mol. The van der Waals surface area contributed by atoms with E-state index in [0.29, 0.717) is 19.4 Å². The summed E-state index contributed by atoms with van der Waals surface area (Å²) in [5, 5.41) is 0. The van der Waals surface area contributed by atoms with Crippen molar-refractivity contribution in [1.82, 2.24) is 0 Å². The predicted molar refractivity (Wildman–Crippen MR) is 102 cm³/mol. The zero-order valence-corrected chi connectivity index (χ0v) is 15.1. The van der Waals surface area contributed by atoms with Crippen molar-refractivity contribution in [1.29, 1.82) is 0 Å². The normalized spacial score (nSPS) is 10.9. The number of benzene rings is 2. The molecule has 25 heavy (non-hydrogen) atoms. The molecule has 0 saturated carbocycles. The molecule has 0 radical (unpaired) electrons. The summed E-state index contributed by atoms with van der Waals surface area (Å²) >= 11 is 0. The fourth-order valence-electron chi connectivity index (χ4n) is 2.82. The van der Waals surface area contributed by atoms with E-state index in [1.54, 1.807) is 0 Å². The first-order valence-corrected chi connectivity index (χ1v) is 8.89. The van der Waals surface area contributed by atoms with E-state index in [1.807, 2.05) is 62.4 Å². The Bertz CT molecular complexity index is 640. The lowest BCUT2D eigenvalue weighted by Gasteiger charge is -2.14. The molecule has 0 aromatic heterocycles. The van der Waals surface area contributed by atoms with Crippen LogP contribution in [-0.2, 0) is 0 Å². The smallest absolute Gasteiger partial charge is 0.162 e. The van der Waals surface area contributed by atoms with Crippen LogP contribution >= 0.6 is 0 Å². The summed E-state index contributed by atoms with van der Waals surface area (Å²) in [7, 11) is 0. The number of carbonyl (C=O) groups is 2. The molecule has 0 spiro atoms. The molecule has 2 rings (SSSR count). The molecule has 0 aliphatic carbocycles. The number of ketones is 2. The van der Waals surface area contributed by atoms with Gasteiger partial charge >= 0.3 is 0 Å². The Hall–Kier alpha value is -2.26. The van der Waals surface area contributed by atoms with Gasteiger partial charge in [-0.15, -0.1) is 0 Å². The minimum absolute atomic E-state index is 0.142. The van der Waals surface area contributed by atoms with Crippen molar-refractivity contribution >= 4 is 11.6 Å². The van der Waals surface area contributed by atoms with Gasteiger partial charge in [-0.3, -0.25) is 9.59 Å². The summed E-state index contributed by atoms with van der Waals surface area (Å²) in [6.07, 6.45) is 2.40. The minimum atomic E-state index is 0.142. The highest BCUT2D eigenvalue weighted by Crippen LogP contribution is 2.17. The highest BCUT2D eigenvalue weighted by Gasteiger charge is 2.14. The highest BCUT2D eigenvalue weighted by atomic mass is 16.1. The molecule has 0 bridgehead atoms. The van der Waals surface area contributed by atoms with E-state index in [-0.39, 0.29) is 17.5 Å². The zero-order valence-electron chi connectivity index (χ0n) is 15.1. The second-order valence-electron chi connectivity index (χ2n) is 6.76. The number of aryl methyl sites for hydroxylation is 2. The van der Waals surface area contributed by atoms with Gasteiger partial charge in [-0.05, 0) is 39.2 Å². The minimum Gasteiger partial charge on any atom is -0.330 e. The van der Waals surface area contributed by atoms with Gasteiger partial charge < -0.3 is 5.73 Å². The molecular formula is C22H27NO2. The Morgan fingerprint density at radius 1 is 0.760 bits per heavy atom. The Morgan fingerprint density at radius 2 is 1.12 bits per heavy atom. The van der Waals surface area contributed by atoms with Crippen LogP contribution in [0.15, 0.2) is 48.5 Å². The largest absolute Gasteiger partial charge is 0.330 e. The summed E-state index contributed by atoms with van der Waals surface area (Å²) in [5.74, 6) is 0.482. The van der Waals surface area contributed by atoms with Crippen LogP contribution in [0.3, 0.4) is 0 Å². The Labute approximate surface area is 150 Å². The van der Waals surface area contributed by atoms with E-state index in [2.05, 4.69) is 0 Å². The van der Waals surface area contributed by atoms with E-state index in [9.17, 15) is 9.59 Å². The maximum atomic E-state index is 12.3. The van der Waals surface area contributed by atoms with Crippen molar-refractivity contribution in [3.05, 3.63) is 70.8 Å². The van der Waals surface area contributed by atoms with Crippen LogP contribution in [0, 0.1) is 19.8 Å². The number of nitrogens with two attached hydrogens (primary N) is 1. The first-order chi connectivity index (χ1) is 12.0. The molecule has 0 amide bonds. The number of rotatable bonds is 9. The third kappa shape index (κ3) is 5.95. The van der Waals surface area contributed by atoms with Crippen molar-refractivity contribution in [2.45, 2.75) is 39.5 Å². The highest BCUT2D eigenvalue weighted by molar-refractivity contribution is 5.96. The molecule has 132 valence electrons. The van der Waals surface area contributed by atoms with E-state index >= 15 is 0 Å². The Kier molecular flexibility index (Phi) is 7.08. The van der Waals surface area contributed by atoms with Crippen molar-refractivity contribution < 1.29 is 9.59 Å². The van der Waals surface area contributed by atoms with Gasteiger partial charge in [0, 0.05) is 24.0 Å². The molecule has 2 N–H and O–H groups in total. The average Bonchev–Trinajstić information content (AvgIpc) is 2.62. The lowest BCUT2D eigenvalue weighted by Crippen LogP contribution is -2.17. The van der Waals surface area contributed by atoms with Crippen LogP contribution < -0.4 is 5.73 Å². The summed E-state index contributed by atoms with van der Waals surface area (Å²) in [5.41, 5.74) is 9.62. The summed E-state index contributed by atoms with van der Waals surface area (Å²) in [6, 6.07) is 15.3. The predicted octanol–water partition coefficient (Wildman–Crippen LogP) is 4.50. The number of hydrogen-bond acceptors (Lipinski definition) is 3.